The van der Waals surface area contributed by atoms with Crippen molar-refractivity contribution in [1.82, 2.24) is 14.5 Å². The number of hydrogen-bond donors (Lipinski definition) is 1. The zero-order chi connectivity index (χ0) is 13.5. The predicted molar refractivity (Wildman–Crippen MR) is 79.1 cm³/mol. The summed E-state index contributed by atoms with van der Waals surface area (Å²) in [5.74, 6) is 0.970. The molecular formula is C16H16N4. The quantitative estimate of drug-likeness (QED) is 0.791. The Hall–Kier alpha value is -2.20. The van der Waals surface area contributed by atoms with Crippen LogP contribution in [0.2, 0.25) is 0 Å². The fourth-order valence-electron chi connectivity index (χ4n) is 2.65. The molecule has 3 aromatic rings. The zero-order valence-electron chi connectivity index (χ0n) is 11.2. The molecule has 4 nitrogen and oxygen atoms in total. The smallest absolute Gasteiger partial charge is 0.160 e. The molecular weight excluding hydrogens is 248 g/mol. The molecule has 0 unspecified atom stereocenters. The van der Waals surface area contributed by atoms with E-state index in [4.69, 9.17) is 10.7 Å². The van der Waals surface area contributed by atoms with Crippen LogP contribution in [0, 0.1) is 0 Å². The molecule has 4 rings (SSSR count). The first-order chi connectivity index (χ1) is 9.86. The Kier molecular flexibility index (Phi) is 2.57. The van der Waals surface area contributed by atoms with E-state index >= 15 is 0 Å². The summed E-state index contributed by atoms with van der Waals surface area (Å²) >= 11 is 0. The van der Waals surface area contributed by atoms with E-state index in [1.165, 1.54) is 18.4 Å². The summed E-state index contributed by atoms with van der Waals surface area (Å²) in [6.07, 6.45) is 4.27. The van der Waals surface area contributed by atoms with Gasteiger partial charge in [0.05, 0.1) is 11.0 Å². The van der Waals surface area contributed by atoms with Crippen molar-refractivity contribution in [3.05, 3.63) is 48.2 Å². The molecule has 1 aromatic carbocycles. The van der Waals surface area contributed by atoms with Crippen molar-refractivity contribution in [1.29, 1.82) is 0 Å². The summed E-state index contributed by atoms with van der Waals surface area (Å²) in [5, 5.41) is 0. The first kappa shape index (κ1) is 11.6. The van der Waals surface area contributed by atoms with Crippen molar-refractivity contribution in [2.75, 3.05) is 0 Å². The predicted octanol–water partition coefficient (Wildman–Crippen LogP) is 2.89. The van der Waals surface area contributed by atoms with Gasteiger partial charge in [-0.15, -0.1) is 0 Å². The number of rotatable bonds is 3. The number of nitrogens with zero attached hydrogens (tertiary/aromatic N) is 3. The van der Waals surface area contributed by atoms with Crippen LogP contribution in [0.15, 0.2) is 42.6 Å². The Morgan fingerprint density at radius 2 is 2.10 bits per heavy atom. The van der Waals surface area contributed by atoms with Crippen molar-refractivity contribution < 1.29 is 0 Å². The summed E-state index contributed by atoms with van der Waals surface area (Å²) in [6, 6.07) is 12.8. The third kappa shape index (κ3) is 1.80. The molecule has 0 atom stereocenters. The van der Waals surface area contributed by atoms with Gasteiger partial charge in [-0.05, 0) is 42.7 Å². The van der Waals surface area contributed by atoms with Crippen molar-refractivity contribution >= 4 is 11.0 Å². The molecule has 4 heteroatoms. The maximum absolute atomic E-state index is 5.72. The minimum Gasteiger partial charge on any atom is -0.326 e. The van der Waals surface area contributed by atoms with Gasteiger partial charge in [-0.2, -0.15) is 0 Å². The highest BCUT2D eigenvalue weighted by atomic mass is 15.1. The number of fused-ring (bicyclic) bond motifs is 1. The number of pyridine rings is 1. The van der Waals surface area contributed by atoms with Gasteiger partial charge in [0.1, 0.15) is 5.69 Å². The van der Waals surface area contributed by atoms with Gasteiger partial charge in [0.25, 0.3) is 0 Å². The van der Waals surface area contributed by atoms with Crippen LogP contribution in [0.3, 0.4) is 0 Å². The first-order valence-corrected chi connectivity index (χ1v) is 6.99. The third-order valence-electron chi connectivity index (χ3n) is 3.80. The summed E-state index contributed by atoms with van der Waals surface area (Å²) in [7, 11) is 0. The summed E-state index contributed by atoms with van der Waals surface area (Å²) in [4.78, 5) is 9.25. The van der Waals surface area contributed by atoms with Gasteiger partial charge in [-0.25, -0.2) is 4.98 Å². The van der Waals surface area contributed by atoms with Gasteiger partial charge in [-0.1, -0.05) is 12.1 Å². The van der Waals surface area contributed by atoms with E-state index in [-0.39, 0.29) is 0 Å². The number of hydrogen-bond acceptors (Lipinski definition) is 3. The highest BCUT2D eigenvalue weighted by Crippen LogP contribution is 2.40. The van der Waals surface area contributed by atoms with Crippen LogP contribution in [-0.4, -0.2) is 14.5 Å². The average molecular weight is 264 g/mol. The average Bonchev–Trinajstić information content (AvgIpc) is 3.27. The number of benzene rings is 1. The van der Waals surface area contributed by atoms with Crippen molar-refractivity contribution in [3.63, 3.8) is 0 Å². The van der Waals surface area contributed by atoms with Gasteiger partial charge >= 0.3 is 0 Å². The fraction of sp³-hybridized carbons (Fsp3) is 0.250. The molecule has 0 amide bonds. The molecule has 100 valence electrons. The van der Waals surface area contributed by atoms with E-state index in [0.29, 0.717) is 12.6 Å². The van der Waals surface area contributed by atoms with Crippen LogP contribution >= 0.6 is 0 Å². The second-order valence-electron chi connectivity index (χ2n) is 5.28. The Labute approximate surface area is 117 Å². The molecule has 0 saturated heterocycles. The van der Waals surface area contributed by atoms with Gasteiger partial charge in [0.2, 0.25) is 0 Å². The highest BCUT2D eigenvalue weighted by Gasteiger charge is 2.29. The molecule has 1 saturated carbocycles. The second-order valence-corrected chi connectivity index (χ2v) is 5.28. The molecule has 0 aliphatic heterocycles. The van der Waals surface area contributed by atoms with Crippen LogP contribution in [0.25, 0.3) is 22.6 Å². The molecule has 1 aliphatic rings. The first-order valence-electron chi connectivity index (χ1n) is 6.99. The van der Waals surface area contributed by atoms with Gasteiger partial charge < -0.3 is 10.3 Å². The van der Waals surface area contributed by atoms with E-state index in [9.17, 15) is 0 Å². The van der Waals surface area contributed by atoms with Crippen LogP contribution in [0.4, 0.5) is 0 Å². The maximum atomic E-state index is 5.72. The molecule has 1 fully saturated rings. The van der Waals surface area contributed by atoms with E-state index in [1.54, 1.807) is 0 Å². The molecule has 0 bridgehead atoms. The standard InChI is InChI=1S/C16H16N4/c17-10-11-4-7-15-14(9-11)19-16(20(15)12-5-6-12)13-3-1-2-8-18-13/h1-4,7-9,12H,5-6,10,17H2. The SMILES string of the molecule is NCc1ccc2c(c1)nc(-c1ccccn1)n2C1CC1. The monoisotopic (exact) mass is 264 g/mol. The Morgan fingerprint density at radius 3 is 2.80 bits per heavy atom. The lowest BCUT2D eigenvalue weighted by atomic mass is 10.2. The van der Waals surface area contributed by atoms with Gasteiger partial charge in [-0.3, -0.25) is 4.98 Å². The highest BCUT2D eigenvalue weighted by molar-refractivity contribution is 5.81. The van der Waals surface area contributed by atoms with Gasteiger partial charge in [0.15, 0.2) is 5.82 Å². The number of aromatic nitrogens is 3. The third-order valence-corrected chi connectivity index (χ3v) is 3.80. The fourth-order valence-corrected chi connectivity index (χ4v) is 2.65. The van der Waals surface area contributed by atoms with Crippen molar-refractivity contribution in [2.45, 2.75) is 25.4 Å². The van der Waals surface area contributed by atoms with E-state index in [2.05, 4.69) is 27.8 Å². The largest absolute Gasteiger partial charge is 0.326 e. The summed E-state index contributed by atoms with van der Waals surface area (Å²) in [5.41, 5.74) is 9.97. The van der Waals surface area contributed by atoms with Crippen LogP contribution < -0.4 is 5.73 Å². The lowest BCUT2D eigenvalue weighted by Gasteiger charge is -2.06. The van der Waals surface area contributed by atoms with Crippen LogP contribution in [0.1, 0.15) is 24.4 Å². The Morgan fingerprint density at radius 1 is 1.20 bits per heavy atom. The molecule has 2 aromatic heterocycles. The minimum atomic E-state index is 0.547. The maximum Gasteiger partial charge on any atom is 0.160 e. The topological polar surface area (TPSA) is 56.7 Å². The minimum absolute atomic E-state index is 0.547. The van der Waals surface area contributed by atoms with Crippen LogP contribution in [0.5, 0.6) is 0 Å². The van der Waals surface area contributed by atoms with Crippen molar-refractivity contribution in [3.8, 4) is 11.5 Å². The lowest BCUT2D eigenvalue weighted by molar-refractivity contribution is 0.772. The van der Waals surface area contributed by atoms with E-state index < -0.39 is 0 Å². The molecule has 2 heterocycles. The molecule has 20 heavy (non-hydrogen) atoms. The Balaban J connectivity index is 1.97. The van der Waals surface area contributed by atoms with E-state index in [1.807, 2.05) is 24.4 Å². The summed E-state index contributed by atoms with van der Waals surface area (Å²) < 4.78 is 2.33. The zero-order valence-corrected chi connectivity index (χ0v) is 11.2. The van der Waals surface area contributed by atoms with Gasteiger partial charge in [0, 0.05) is 18.8 Å². The molecule has 1 aliphatic carbocycles. The number of nitrogens with two attached hydrogens (primary N) is 1. The van der Waals surface area contributed by atoms with E-state index in [0.717, 1.165) is 22.6 Å². The number of imidazole rings is 1. The normalized spacial score (nSPS) is 14.8. The lowest BCUT2D eigenvalue weighted by Crippen LogP contribution is -1.99. The molecule has 0 radical (unpaired) electrons. The summed E-state index contributed by atoms with van der Waals surface area (Å²) in [6.45, 7) is 0.547. The second kappa shape index (κ2) is 4.42. The van der Waals surface area contributed by atoms with Crippen molar-refractivity contribution in [2.24, 2.45) is 5.73 Å². The Bertz CT molecular complexity index is 757. The van der Waals surface area contributed by atoms with Crippen LogP contribution in [-0.2, 0) is 6.54 Å². The molecule has 2 N–H and O–H groups in total. The molecule has 0 spiro atoms.